The Hall–Kier alpha value is -4.31. The number of rotatable bonds is 9. The van der Waals surface area contributed by atoms with E-state index in [1.54, 1.807) is 67.8 Å². The van der Waals surface area contributed by atoms with Crippen molar-refractivity contribution >= 4 is 17.7 Å². The highest BCUT2D eigenvalue weighted by Gasteiger charge is 2.12. The minimum atomic E-state index is -0.541. The summed E-state index contributed by atoms with van der Waals surface area (Å²) in [6, 6.07) is 20.1. The van der Waals surface area contributed by atoms with Crippen molar-refractivity contribution < 1.29 is 23.4 Å². The molecule has 0 aromatic heterocycles. The second-order valence-electron chi connectivity index (χ2n) is 6.87. The topological polar surface area (TPSA) is 80.6 Å². The molecule has 3 aromatic rings. The number of nitrogens with zero attached hydrogens (tertiary/aromatic N) is 1. The molecule has 0 fully saturated rings. The SMILES string of the molecule is CCOc1cc(/C=C(\C#N)C(=O)Nc2ccc(OC)cc2)ccc1OCc1ccccc1F. The maximum Gasteiger partial charge on any atom is 0.266 e. The van der Waals surface area contributed by atoms with Crippen LogP contribution in [0.1, 0.15) is 18.1 Å². The molecular weight excluding hydrogens is 423 g/mol. The number of benzene rings is 3. The number of carbonyl (C=O) groups is 1. The molecule has 0 unspecified atom stereocenters. The van der Waals surface area contributed by atoms with Crippen molar-refractivity contribution in [2.75, 3.05) is 19.0 Å². The molecule has 3 rings (SSSR count). The first kappa shape index (κ1) is 23.4. The zero-order chi connectivity index (χ0) is 23.6. The zero-order valence-corrected chi connectivity index (χ0v) is 18.3. The molecule has 0 spiro atoms. The van der Waals surface area contributed by atoms with E-state index in [1.807, 2.05) is 13.0 Å². The number of halogens is 1. The molecule has 1 amide bonds. The lowest BCUT2D eigenvalue weighted by atomic mass is 10.1. The number of ether oxygens (including phenoxy) is 3. The molecule has 0 bridgehead atoms. The minimum absolute atomic E-state index is 0.0373. The van der Waals surface area contributed by atoms with Crippen LogP contribution in [0.25, 0.3) is 6.08 Å². The fourth-order valence-electron chi connectivity index (χ4n) is 2.96. The van der Waals surface area contributed by atoms with E-state index in [2.05, 4.69) is 5.32 Å². The monoisotopic (exact) mass is 446 g/mol. The highest BCUT2D eigenvalue weighted by atomic mass is 19.1. The van der Waals surface area contributed by atoms with Crippen LogP contribution in [-0.4, -0.2) is 19.6 Å². The lowest BCUT2D eigenvalue weighted by molar-refractivity contribution is -0.112. The highest BCUT2D eigenvalue weighted by molar-refractivity contribution is 6.09. The summed E-state index contributed by atoms with van der Waals surface area (Å²) in [7, 11) is 1.55. The maximum atomic E-state index is 13.9. The van der Waals surface area contributed by atoms with Crippen LogP contribution in [0.15, 0.2) is 72.3 Å². The van der Waals surface area contributed by atoms with Gasteiger partial charge in [0.25, 0.3) is 5.91 Å². The number of carbonyl (C=O) groups excluding carboxylic acids is 1. The highest BCUT2D eigenvalue weighted by Crippen LogP contribution is 2.30. The third kappa shape index (κ3) is 6.34. The molecule has 0 aliphatic heterocycles. The molecule has 1 N–H and O–H groups in total. The zero-order valence-electron chi connectivity index (χ0n) is 18.3. The Kier molecular flexibility index (Phi) is 8.03. The normalized spacial score (nSPS) is 10.8. The van der Waals surface area contributed by atoms with Crippen molar-refractivity contribution in [1.29, 1.82) is 5.26 Å². The quantitative estimate of drug-likeness (QED) is 0.354. The van der Waals surface area contributed by atoms with Crippen molar-refractivity contribution in [1.82, 2.24) is 0 Å². The summed E-state index contributed by atoms with van der Waals surface area (Å²) in [5.74, 6) is 0.621. The van der Waals surface area contributed by atoms with Crippen molar-refractivity contribution in [3.63, 3.8) is 0 Å². The van der Waals surface area contributed by atoms with E-state index in [0.717, 1.165) is 0 Å². The average molecular weight is 446 g/mol. The van der Waals surface area contributed by atoms with Gasteiger partial charge in [0.2, 0.25) is 0 Å². The number of hydrogen-bond donors (Lipinski definition) is 1. The van der Waals surface area contributed by atoms with Gasteiger partial charge in [-0.15, -0.1) is 0 Å². The van der Waals surface area contributed by atoms with Crippen molar-refractivity contribution in [2.45, 2.75) is 13.5 Å². The van der Waals surface area contributed by atoms with E-state index < -0.39 is 5.91 Å². The van der Waals surface area contributed by atoms with E-state index in [4.69, 9.17) is 14.2 Å². The number of anilines is 1. The van der Waals surface area contributed by atoms with E-state index in [-0.39, 0.29) is 18.0 Å². The van der Waals surface area contributed by atoms with Crippen LogP contribution in [0, 0.1) is 17.1 Å². The van der Waals surface area contributed by atoms with Gasteiger partial charge in [-0.3, -0.25) is 4.79 Å². The van der Waals surface area contributed by atoms with Crippen LogP contribution in [-0.2, 0) is 11.4 Å². The molecule has 0 aliphatic carbocycles. The van der Waals surface area contributed by atoms with E-state index >= 15 is 0 Å². The lowest BCUT2D eigenvalue weighted by Crippen LogP contribution is -2.13. The summed E-state index contributed by atoms with van der Waals surface area (Å²) >= 11 is 0. The summed E-state index contributed by atoms with van der Waals surface area (Å²) in [4.78, 5) is 12.5. The van der Waals surface area contributed by atoms with E-state index in [0.29, 0.717) is 40.7 Å². The molecule has 0 heterocycles. The largest absolute Gasteiger partial charge is 0.497 e. The number of nitriles is 1. The van der Waals surface area contributed by atoms with Gasteiger partial charge >= 0.3 is 0 Å². The number of amides is 1. The number of methoxy groups -OCH3 is 1. The summed E-state index contributed by atoms with van der Waals surface area (Å²) in [5.41, 5.74) is 1.46. The molecule has 0 aliphatic rings. The molecule has 33 heavy (non-hydrogen) atoms. The summed E-state index contributed by atoms with van der Waals surface area (Å²) in [6.07, 6.45) is 1.46. The van der Waals surface area contributed by atoms with Crippen LogP contribution in [0.4, 0.5) is 10.1 Å². The van der Waals surface area contributed by atoms with E-state index in [1.165, 1.54) is 12.1 Å². The minimum Gasteiger partial charge on any atom is -0.497 e. The Labute approximate surface area is 191 Å². The number of hydrogen-bond acceptors (Lipinski definition) is 5. The van der Waals surface area contributed by atoms with Crippen LogP contribution in [0.3, 0.4) is 0 Å². The average Bonchev–Trinajstić information content (AvgIpc) is 2.83. The molecule has 3 aromatic carbocycles. The molecular formula is C26H23FN2O4. The molecule has 168 valence electrons. The fraction of sp³-hybridized carbons (Fsp3) is 0.154. The fourth-order valence-corrected chi connectivity index (χ4v) is 2.96. The third-order valence-corrected chi connectivity index (χ3v) is 4.63. The first-order valence-corrected chi connectivity index (χ1v) is 10.2. The van der Waals surface area contributed by atoms with E-state index in [9.17, 15) is 14.4 Å². The second kappa shape index (κ2) is 11.3. The smallest absolute Gasteiger partial charge is 0.266 e. The van der Waals surface area contributed by atoms with Crippen molar-refractivity contribution in [2.24, 2.45) is 0 Å². The van der Waals surface area contributed by atoms with Gasteiger partial charge in [-0.1, -0.05) is 24.3 Å². The van der Waals surface area contributed by atoms with Gasteiger partial charge in [0.15, 0.2) is 11.5 Å². The second-order valence-corrected chi connectivity index (χ2v) is 6.87. The summed E-state index contributed by atoms with van der Waals surface area (Å²) in [5, 5.41) is 12.2. The lowest BCUT2D eigenvalue weighted by Gasteiger charge is -2.13. The standard InChI is InChI=1S/C26H23FN2O4/c1-3-32-25-15-18(8-13-24(25)33-17-19-6-4-5-7-23(19)27)14-20(16-28)26(30)29-21-9-11-22(31-2)12-10-21/h4-15H,3,17H2,1-2H3,(H,29,30)/b20-14+. The Bertz CT molecular complexity index is 1180. The predicted octanol–water partition coefficient (Wildman–Crippen LogP) is 5.36. The van der Waals surface area contributed by atoms with Gasteiger partial charge < -0.3 is 19.5 Å². The predicted molar refractivity (Wildman–Crippen MR) is 124 cm³/mol. The molecule has 0 saturated carbocycles. The first-order valence-electron chi connectivity index (χ1n) is 10.2. The molecule has 0 atom stereocenters. The van der Waals surface area contributed by atoms with Gasteiger partial charge in [-0.05, 0) is 61.0 Å². The Balaban J connectivity index is 1.77. The van der Waals surface area contributed by atoms with Gasteiger partial charge in [0.05, 0.1) is 13.7 Å². The Morgan fingerprint density at radius 1 is 1.06 bits per heavy atom. The van der Waals surface area contributed by atoms with Crippen LogP contribution >= 0.6 is 0 Å². The first-order chi connectivity index (χ1) is 16.0. The van der Waals surface area contributed by atoms with Gasteiger partial charge in [0.1, 0.15) is 29.8 Å². The molecule has 0 saturated heterocycles. The molecule has 0 radical (unpaired) electrons. The summed E-state index contributed by atoms with van der Waals surface area (Å²) < 4.78 is 30.4. The van der Waals surface area contributed by atoms with Gasteiger partial charge in [0, 0.05) is 11.3 Å². The van der Waals surface area contributed by atoms with Crippen molar-refractivity contribution in [3.8, 4) is 23.3 Å². The van der Waals surface area contributed by atoms with Gasteiger partial charge in [-0.25, -0.2) is 4.39 Å². The molecule has 7 heteroatoms. The Morgan fingerprint density at radius 2 is 1.82 bits per heavy atom. The molecule has 6 nitrogen and oxygen atoms in total. The third-order valence-electron chi connectivity index (χ3n) is 4.63. The van der Waals surface area contributed by atoms with Crippen LogP contribution < -0.4 is 19.5 Å². The number of nitrogens with one attached hydrogen (secondary N) is 1. The summed E-state index contributed by atoms with van der Waals surface area (Å²) in [6.45, 7) is 2.24. The van der Waals surface area contributed by atoms with Gasteiger partial charge in [-0.2, -0.15) is 5.26 Å². The van der Waals surface area contributed by atoms with Crippen molar-refractivity contribution in [3.05, 3.63) is 89.2 Å². The van der Waals surface area contributed by atoms with Crippen LogP contribution in [0.5, 0.6) is 17.2 Å². The van der Waals surface area contributed by atoms with Crippen LogP contribution in [0.2, 0.25) is 0 Å². The maximum absolute atomic E-state index is 13.9. The Morgan fingerprint density at radius 3 is 2.48 bits per heavy atom.